The molecule has 0 radical (unpaired) electrons. The van der Waals surface area contributed by atoms with E-state index in [4.69, 9.17) is 23.1 Å². The minimum Gasteiger partial charge on any atom is -0.397 e. The van der Waals surface area contributed by atoms with Crippen LogP contribution in [-0.2, 0) is 0 Å². The summed E-state index contributed by atoms with van der Waals surface area (Å²) in [6, 6.07) is 8.35. The summed E-state index contributed by atoms with van der Waals surface area (Å²) in [6.45, 7) is 0. The second-order valence-corrected chi connectivity index (χ2v) is 4.99. The van der Waals surface area contributed by atoms with E-state index in [-0.39, 0.29) is 16.5 Å². The Bertz CT molecular complexity index is 842. The predicted molar refractivity (Wildman–Crippen MR) is 84.3 cm³/mol. The second kappa shape index (κ2) is 4.99. The molecule has 0 fully saturated rings. The van der Waals surface area contributed by atoms with Crippen LogP contribution in [0.15, 0.2) is 36.5 Å². The number of nitrogens with one attached hydrogen (secondary N) is 2. The monoisotopic (exact) mass is 301 g/mol. The van der Waals surface area contributed by atoms with Crippen LogP contribution in [0.5, 0.6) is 0 Å². The first kappa shape index (κ1) is 13.3. The van der Waals surface area contributed by atoms with Gasteiger partial charge in [-0.05, 0) is 30.3 Å². The Hall–Kier alpha value is -2.73. The normalized spacial score (nSPS) is 10.7. The molecule has 2 aromatic carbocycles. The number of nitrogen functional groups attached to an aromatic ring is 2. The molecule has 1 aromatic heterocycles. The maximum atomic E-state index is 12.3. The number of halogens is 1. The summed E-state index contributed by atoms with van der Waals surface area (Å²) in [6.07, 6.45) is 1.71. The quantitative estimate of drug-likeness (QED) is 0.545. The highest BCUT2D eigenvalue weighted by Gasteiger charge is 2.13. The molecule has 6 nitrogen and oxygen atoms in total. The molecule has 0 aliphatic rings. The lowest BCUT2D eigenvalue weighted by Crippen LogP contribution is -2.13. The number of nitrogens with two attached hydrogens (primary N) is 2. The van der Waals surface area contributed by atoms with Gasteiger partial charge in [0.15, 0.2) is 0 Å². The minimum absolute atomic E-state index is 0.252. The van der Waals surface area contributed by atoms with Crippen molar-refractivity contribution < 1.29 is 4.79 Å². The zero-order valence-electron chi connectivity index (χ0n) is 10.9. The first-order valence-corrected chi connectivity index (χ1v) is 6.51. The van der Waals surface area contributed by atoms with Gasteiger partial charge in [-0.15, -0.1) is 0 Å². The highest BCUT2D eigenvalue weighted by molar-refractivity contribution is 6.35. The number of benzene rings is 2. The van der Waals surface area contributed by atoms with Crippen LogP contribution < -0.4 is 16.8 Å². The van der Waals surface area contributed by atoms with Crippen LogP contribution >= 0.6 is 11.6 Å². The number of carbonyl (C=O) groups excluding carboxylic acids is 1. The number of H-pyrrole nitrogens is 1. The van der Waals surface area contributed by atoms with Gasteiger partial charge in [0, 0.05) is 11.1 Å². The first-order valence-electron chi connectivity index (χ1n) is 6.13. The van der Waals surface area contributed by atoms with Crippen molar-refractivity contribution in [1.29, 1.82) is 0 Å². The van der Waals surface area contributed by atoms with E-state index in [0.29, 0.717) is 17.1 Å². The highest BCUT2D eigenvalue weighted by atomic mass is 35.5. The van der Waals surface area contributed by atoms with Crippen LogP contribution in [0.3, 0.4) is 0 Å². The fraction of sp³-hybridized carbons (Fsp3) is 0. The van der Waals surface area contributed by atoms with Crippen LogP contribution in [0.4, 0.5) is 17.1 Å². The average molecular weight is 302 g/mol. The second-order valence-electron chi connectivity index (χ2n) is 4.59. The number of amides is 1. The number of hydrogen-bond acceptors (Lipinski definition) is 4. The van der Waals surface area contributed by atoms with Crippen LogP contribution in [-0.4, -0.2) is 16.1 Å². The van der Waals surface area contributed by atoms with Crippen LogP contribution in [0, 0.1) is 0 Å². The molecule has 3 aromatic rings. The molecule has 3 rings (SSSR count). The molecule has 0 bridgehead atoms. The molecule has 1 amide bonds. The van der Waals surface area contributed by atoms with E-state index in [1.807, 2.05) is 6.07 Å². The smallest absolute Gasteiger partial charge is 0.257 e. The summed E-state index contributed by atoms with van der Waals surface area (Å²) in [5.74, 6) is -0.356. The van der Waals surface area contributed by atoms with Gasteiger partial charge in [-0.3, -0.25) is 9.89 Å². The molecule has 0 spiro atoms. The van der Waals surface area contributed by atoms with E-state index in [0.717, 1.165) is 10.9 Å². The lowest BCUT2D eigenvalue weighted by atomic mass is 10.1. The van der Waals surface area contributed by atoms with E-state index < -0.39 is 0 Å². The maximum absolute atomic E-state index is 12.3. The molecule has 0 saturated carbocycles. The van der Waals surface area contributed by atoms with Crippen LogP contribution in [0.25, 0.3) is 10.9 Å². The maximum Gasteiger partial charge on any atom is 0.257 e. The molecular weight excluding hydrogens is 290 g/mol. The van der Waals surface area contributed by atoms with Gasteiger partial charge < -0.3 is 16.8 Å². The van der Waals surface area contributed by atoms with Crippen molar-refractivity contribution in [3.63, 3.8) is 0 Å². The van der Waals surface area contributed by atoms with Gasteiger partial charge in [0.25, 0.3) is 5.91 Å². The number of rotatable bonds is 2. The van der Waals surface area contributed by atoms with Crippen molar-refractivity contribution in [1.82, 2.24) is 10.2 Å². The molecule has 7 heteroatoms. The summed E-state index contributed by atoms with van der Waals surface area (Å²) < 4.78 is 0. The zero-order chi connectivity index (χ0) is 15.0. The number of aromatic nitrogens is 2. The van der Waals surface area contributed by atoms with Gasteiger partial charge in [-0.2, -0.15) is 5.10 Å². The van der Waals surface area contributed by atoms with Crippen LogP contribution in [0.2, 0.25) is 5.02 Å². The molecule has 21 heavy (non-hydrogen) atoms. The lowest BCUT2D eigenvalue weighted by molar-refractivity contribution is 0.102. The Morgan fingerprint density at radius 2 is 1.95 bits per heavy atom. The topological polar surface area (TPSA) is 110 Å². The predicted octanol–water partition coefficient (Wildman–Crippen LogP) is 2.63. The molecule has 106 valence electrons. The SMILES string of the molecule is Nc1cc(Cl)c(C(=O)Nc2ccc3cn[nH]c3c2)cc1N. The molecule has 6 N–H and O–H groups in total. The minimum atomic E-state index is -0.356. The van der Waals surface area contributed by atoms with Crippen molar-refractivity contribution in [2.75, 3.05) is 16.8 Å². The molecule has 1 heterocycles. The summed E-state index contributed by atoms with van der Waals surface area (Å²) in [5, 5.41) is 10.7. The largest absolute Gasteiger partial charge is 0.397 e. The molecule has 0 saturated heterocycles. The van der Waals surface area contributed by atoms with Gasteiger partial charge in [0.2, 0.25) is 0 Å². The Kier molecular flexibility index (Phi) is 3.15. The van der Waals surface area contributed by atoms with Crippen molar-refractivity contribution in [3.05, 3.63) is 47.1 Å². The van der Waals surface area contributed by atoms with Crippen molar-refractivity contribution in [3.8, 4) is 0 Å². The number of anilines is 3. The number of fused-ring (bicyclic) bond motifs is 1. The Labute approximate surface area is 125 Å². The third-order valence-electron chi connectivity index (χ3n) is 3.12. The summed E-state index contributed by atoms with van der Waals surface area (Å²) >= 11 is 6.03. The zero-order valence-corrected chi connectivity index (χ0v) is 11.6. The molecule has 0 aliphatic carbocycles. The summed E-state index contributed by atoms with van der Waals surface area (Å²) in [4.78, 5) is 12.3. The number of nitrogens with zero attached hydrogens (tertiary/aromatic N) is 1. The van der Waals surface area contributed by atoms with Gasteiger partial charge in [0.1, 0.15) is 0 Å². The van der Waals surface area contributed by atoms with E-state index in [1.165, 1.54) is 12.1 Å². The van der Waals surface area contributed by atoms with Gasteiger partial charge in [-0.25, -0.2) is 0 Å². The van der Waals surface area contributed by atoms with Crippen molar-refractivity contribution >= 4 is 45.5 Å². The third kappa shape index (κ3) is 2.48. The molecule has 0 unspecified atom stereocenters. The molecular formula is C14H12ClN5O. The fourth-order valence-electron chi connectivity index (χ4n) is 1.99. The molecule has 0 atom stereocenters. The van der Waals surface area contributed by atoms with E-state index in [1.54, 1.807) is 18.3 Å². The van der Waals surface area contributed by atoms with E-state index >= 15 is 0 Å². The third-order valence-corrected chi connectivity index (χ3v) is 3.43. The fourth-order valence-corrected chi connectivity index (χ4v) is 2.25. The Morgan fingerprint density at radius 3 is 2.76 bits per heavy atom. The average Bonchev–Trinajstić information content (AvgIpc) is 2.90. The Morgan fingerprint density at radius 1 is 1.19 bits per heavy atom. The van der Waals surface area contributed by atoms with Gasteiger partial charge in [0.05, 0.1) is 33.7 Å². The number of carbonyl (C=O) groups is 1. The summed E-state index contributed by atoms with van der Waals surface area (Å²) in [7, 11) is 0. The molecule has 0 aliphatic heterocycles. The van der Waals surface area contributed by atoms with Crippen molar-refractivity contribution in [2.45, 2.75) is 0 Å². The highest BCUT2D eigenvalue weighted by Crippen LogP contribution is 2.26. The van der Waals surface area contributed by atoms with Gasteiger partial charge >= 0.3 is 0 Å². The Balaban J connectivity index is 1.90. The van der Waals surface area contributed by atoms with Gasteiger partial charge in [-0.1, -0.05) is 11.6 Å². The number of aromatic amines is 1. The van der Waals surface area contributed by atoms with Crippen LogP contribution in [0.1, 0.15) is 10.4 Å². The van der Waals surface area contributed by atoms with Crippen molar-refractivity contribution in [2.24, 2.45) is 0 Å². The van der Waals surface area contributed by atoms with E-state index in [9.17, 15) is 4.79 Å². The summed E-state index contributed by atoms with van der Waals surface area (Å²) in [5.41, 5.74) is 13.7. The standard InChI is InChI=1S/C14H12ClN5O/c15-10-5-12(17)11(16)4-9(10)14(21)19-8-2-1-7-6-18-20-13(7)3-8/h1-6H,16-17H2,(H,18,20)(H,19,21). The number of hydrogen-bond donors (Lipinski definition) is 4. The first-order chi connectivity index (χ1) is 10.0. The lowest BCUT2D eigenvalue weighted by Gasteiger charge is -2.09. The van der Waals surface area contributed by atoms with E-state index in [2.05, 4.69) is 15.5 Å².